The topological polar surface area (TPSA) is 86.4 Å². The molecule has 0 unspecified atom stereocenters. The van der Waals surface area contributed by atoms with E-state index in [0.29, 0.717) is 29.8 Å². The third-order valence-corrected chi connectivity index (χ3v) is 5.63. The molecule has 0 bridgehead atoms. The highest BCUT2D eigenvalue weighted by Gasteiger charge is 2.33. The van der Waals surface area contributed by atoms with Crippen LogP contribution in [0.5, 0.6) is 0 Å². The summed E-state index contributed by atoms with van der Waals surface area (Å²) in [5, 5.41) is 1.07. The number of fused-ring (bicyclic) bond motifs is 2. The molecular weight excluding hydrogens is 368 g/mol. The zero-order valence-corrected chi connectivity index (χ0v) is 15.8. The summed E-state index contributed by atoms with van der Waals surface area (Å²) in [5.41, 5.74) is 4.22. The summed E-state index contributed by atoms with van der Waals surface area (Å²) >= 11 is 0. The van der Waals surface area contributed by atoms with Crippen molar-refractivity contribution in [2.45, 2.75) is 6.42 Å². The zero-order valence-electron chi connectivity index (χ0n) is 15.8. The lowest BCUT2D eigenvalue weighted by atomic mass is 9.98. The van der Waals surface area contributed by atoms with E-state index in [1.807, 2.05) is 18.3 Å². The summed E-state index contributed by atoms with van der Waals surface area (Å²) in [5.74, 6) is -0.838. The standard InChI is InChI=1S/C22H18N4O3/c1-25-21(28)16-5-4-14(11-17(16)22(25)29)20(27)26-9-6-13(7-10-26)18-12-24-19-15(18)3-2-8-23-19/h2-6,8,11-12H,7,9-10H2,1H3,(H,23,24). The fourth-order valence-electron chi connectivity index (χ4n) is 4.00. The minimum absolute atomic E-state index is 0.140. The van der Waals surface area contributed by atoms with Gasteiger partial charge < -0.3 is 9.88 Å². The van der Waals surface area contributed by atoms with Gasteiger partial charge in [0.1, 0.15) is 5.65 Å². The molecule has 2 aliphatic heterocycles. The van der Waals surface area contributed by atoms with Gasteiger partial charge in [-0.3, -0.25) is 19.3 Å². The number of imide groups is 1. The molecule has 0 fully saturated rings. The maximum atomic E-state index is 12.9. The summed E-state index contributed by atoms with van der Waals surface area (Å²) in [6, 6.07) is 8.67. The predicted molar refractivity (Wildman–Crippen MR) is 107 cm³/mol. The number of pyridine rings is 1. The third kappa shape index (κ3) is 2.66. The van der Waals surface area contributed by atoms with E-state index >= 15 is 0 Å². The van der Waals surface area contributed by atoms with Crippen LogP contribution in [0.15, 0.2) is 48.8 Å². The van der Waals surface area contributed by atoms with Gasteiger partial charge in [0.15, 0.2) is 0 Å². The fraction of sp³-hybridized carbons (Fsp3) is 0.182. The first-order valence-corrected chi connectivity index (χ1v) is 9.42. The molecule has 29 heavy (non-hydrogen) atoms. The van der Waals surface area contributed by atoms with Gasteiger partial charge in [-0.1, -0.05) is 6.08 Å². The van der Waals surface area contributed by atoms with E-state index in [9.17, 15) is 14.4 Å². The molecule has 2 aromatic heterocycles. The van der Waals surface area contributed by atoms with E-state index in [-0.39, 0.29) is 17.7 Å². The first-order chi connectivity index (χ1) is 14.0. The number of rotatable bonds is 2. The van der Waals surface area contributed by atoms with Gasteiger partial charge in [0.2, 0.25) is 0 Å². The van der Waals surface area contributed by atoms with Crippen molar-refractivity contribution in [2.24, 2.45) is 0 Å². The van der Waals surface area contributed by atoms with Crippen LogP contribution in [-0.2, 0) is 0 Å². The molecule has 5 rings (SSSR count). The second-order valence-corrected chi connectivity index (χ2v) is 7.26. The Morgan fingerprint density at radius 1 is 1.10 bits per heavy atom. The van der Waals surface area contributed by atoms with E-state index in [4.69, 9.17) is 0 Å². The number of carbonyl (C=O) groups excluding carboxylic acids is 3. The van der Waals surface area contributed by atoms with Gasteiger partial charge in [-0.2, -0.15) is 0 Å². The second-order valence-electron chi connectivity index (χ2n) is 7.26. The van der Waals surface area contributed by atoms with Crippen molar-refractivity contribution >= 4 is 34.3 Å². The molecule has 2 aliphatic rings. The SMILES string of the molecule is CN1C(=O)c2ccc(C(=O)N3CC=C(c4c[nH]c5ncccc45)CC3)cc2C1=O. The highest BCUT2D eigenvalue weighted by atomic mass is 16.2. The number of carbonyl (C=O) groups is 3. The van der Waals surface area contributed by atoms with Crippen LogP contribution in [0.3, 0.4) is 0 Å². The van der Waals surface area contributed by atoms with Gasteiger partial charge >= 0.3 is 0 Å². The first kappa shape index (κ1) is 17.4. The summed E-state index contributed by atoms with van der Waals surface area (Å²) in [6.07, 6.45) is 6.51. The lowest BCUT2D eigenvalue weighted by Crippen LogP contribution is -2.34. The minimum Gasteiger partial charge on any atom is -0.346 e. The highest BCUT2D eigenvalue weighted by Crippen LogP contribution is 2.29. The Labute approximate surface area is 166 Å². The number of aromatic nitrogens is 2. The number of hydrogen-bond donors (Lipinski definition) is 1. The molecule has 3 amide bonds. The summed E-state index contributed by atoms with van der Waals surface area (Å²) < 4.78 is 0. The molecule has 144 valence electrons. The Kier molecular flexibility index (Phi) is 3.84. The van der Waals surface area contributed by atoms with Crippen LogP contribution >= 0.6 is 0 Å². The monoisotopic (exact) mass is 386 g/mol. The van der Waals surface area contributed by atoms with Gasteiger partial charge in [0.05, 0.1) is 11.1 Å². The quantitative estimate of drug-likeness (QED) is 0.686. The van der Waals surface area contributed by atoms with Crippen LogP contribution < -0.4 is 0 Å². The van der Waals surface area contributed by atoms with Crippen LogP contribution in [0.25, 0.3) is 16.6 Å². The summed E-state index contributed by atoms with van der Waals surface area (Å²) in [6.45, 7) is 1.08. The van der Waals surface area contributed by atoms with Crippen molar-refractivity contribution in [3.05, 3.63) is 71.1 Å². The lowest BCUT2D eigenvalue weighted by molar-refractivity contribution is 0.0692. The molecule has 0 atom stereocenters. The Hall–Kier alpha value is -3.74. The number of benzene rings is 1. The van der Waals surface area contributed by atoms with Crippen molar-refractivity contribution in [1.29, 1.82) is 0 Å². The lowest BCUT2D eigenvalue weighted by Gasteiger charge is -2.26. The molecule has 4 heterocycles. The van der Waals surface area contributed by atoms with E-state index < -0.39 is 0 Å². The van der Waals surface area contributed by atoms with Crippen molar-refractivity contribution in [2.75, 3.05) is 20.1 Å². The smallest absolute Gasteiger partial charge is 0.261 e. The minimum atomic E-state index is -0.367. The van der Waals surface area contributed by atoms with Gasteiger partial charge in [-0.15, -0.1) is 0 Å². The van der Waals surface area contributed by atoms with E-state index in [0.717, 1.165) is 27.9 Å². The van der Waals surface area contributed by atoms with Crippen LogP contribution in [0.2, 0.25) is 0 Å². The molecule has 3 aromatic rings. The number of aromatic amines is 1. The van der Waals surface area contributed by atoms with Gasteiger partial charge in [0, 0.05) is 49.0 Å². The number of nitrogens with one attached hydrogen (secondary N) is 1. The Morgan fingerprint density at radius 2 is 1.93 bits per heavy atom. The average Bonchev–Trinajstić information content (AvgIpc) is 3.29. The van der Waals surface area contributed by atoms with E-state index in [2.05, 4.69) is 16.0 Å². The van der Waals surface area contributed by atoms with Gasteiger partial charge in [-0.25, -0.2) is 4.98 Å². The van der Waals surface area contributed by atoms with Crippen LogP contribution in [0, 0.1) is 0 Å². The molecule has 0 spiro atoms. The number of nitrogens with zero attached hydrogens (tertiary/aromatic N) is 3. The van der Waals surface area contributed by atoms with E-state index in [1.165, 1.54) is 18.7 Å². The molecule has 1 aromatic carbocycles. The normalized spacial score (nSPS) is 16.4. The van der Waals surface area contributed by atoms with Crippen molar-refractivity contribution in [1.82, 2.24) is 19.8 Å². The molecule has 7 nitrogen and oxygen atoms in total. The van der Waals surface area contributed by atoms with Crippen LogP contribution in [0.4, 0.5) is 0 Å². The number of H-pyrrole nitrogens is 1. The Bertz CT molecular complexity index is 1220. The van der Waals surface area contributed by atoms with Crippen LogP contribution in [-0.4, -0.2) is 57.6 Å². The summed E-state index contributed by atoms with van der Waals surface area (Å²) in [4.78, 5) is 47.5. The Morgan fingerprint density at radius 3 is 2.72 bits per heavy atom. The van der Waals surface area contributed by atoms with Gasteiger partial charge in [-0.05, 0) is 42.3 Å². The first-order valence-electron chi connectivity index (χ1n) is 9.42. The van der Waals surface area contributed by atoms with Crippen molar-refractivity contribution in [3.8, 4) is 0 Å². The maximum Gasteiger partial charge on any atom is 0.261 e. The number of amides is 3. The highest BCUT2D eigenvalue weighted by molar-refractivity contribution is 6.21. The van der Waals surface area contributed by atoms with Crippen LogP contribution in [0.1, 0.15) is 43.1 Å². The average molecular weight is 386 g/mol. The molecule has 7 heteroatoms. The molecule has 0 aliphatic carbocycles. The Balaban J connectivity index is 1.38. The van der Waals surface area contributed by atoms with E-state index in [1.54, 1.807) is 23.2 Å². The fourth-order valence-corrected chi connectivity index (χ4v) is 4.00. The maximum absolute atomic E-state index is 12.9. The molecule has 0 saturated carbocycles. The van der Waals surface area contributed by atoms with Crippen molar-refractivity contribution in [3.63, 3.8) is 0 Å². The van der Waals surface area contributed by atoms with Crippen molar-refractivity contribution < 1.29 is 14.4 Å². The second kappa shape index (κ2) is 6.41. The molecular formula is C22H18N4O3. The molecule has 0 saturated heterocycles. The number of hydrogen-bond acceptors (Lipinski definition) is 4. The summed E-state index contributed by atoms with van der Waals surface area (Å²) in [7, 11) is 1.45. The molecule has 1 N–H and O–H groups in total. The third-order valence-electron chi connectivity index (χ3n) is 5.63. The molecule has 0 radical (unpaired) electrons. The largest absolute Gasteiger partial charge is 0.346 e. The predicted octanol–water partition coefficient (Wildman–Crippen LogP) is 2.72. The van der Waals surface area contributed by atoms with Gasteiger partial charge in [0.25, 0.3) is 17.7 Å². The zero-order chi connectivity index (χ0) is 20.1.